The summed E-state index contributed by atoms with van der Waals surface area (Å²) >= 11 is 0. The first-order chi connectivity index (χ1) is 15.5. The number of hydrogen-bond donors (Lipinski definition) is 1. The van der Waals surface area contributed by atoms with Crippen molar-refractivity contribution in [1.82, 2.24) is 14.7 Å². The maximum Gasteiger partial charge on any atom is 0.410 e. The van der Waals surface area contributed by atoms with Gasteiger partial charge in [0, 0.05) is 30.8 Å². The molecule has 1 aliphatic rings. The molecule has 1 atom stereocenters. The molecule has 2 aromatic carbocycles. The third-order valence-electron chi connectivity index (χ3n) is 5.88. The monoisotopic (exact) mass is 433 g/mol. The molecule has 1 unspecified atom stereocenters. The topological polar surface area (TPSA) is 84.7 Å². The Morgan fingerprint density at radius 3 is 2.28 bits per heavy atom. The number of carboxylic acids is 1. The van der Waals surface area contributed by atoms with E-state index >= 15 is 0 Å². The zero-order valence-corrected chi connectivity index (χ0v) is 18.3. The maximum absolute atomic E-state index is 13.0. The lowest BCUT2D eigenvalue weighted by molar-refractivity contribution is -0.143. The number of aryl methyl sites for hydroxylation is 1. The molecule has 0 saturated heterocycles. The Morgan fingerprint density at radius 2 is 1.72 bits per heavy atom. The molecule has 32 heavy (non-hydrogen) atoms. The number of carboxylic acid groups (broad SMARTS) is 1. The van der Waals surface area contributed by atoms with Crippen LogP contribution in [0.4, 0.5) is 4.79 Å². The van der Waals surface area contributed by atoms with Crippen molar-refractivity contribution in [3.05, 3.63) is 77.6 Å². The SMILES string of the molecule is CCCn1cc(C(C(=O)O)N(CC)C(=O)OCC2c3ccccc3-c3ccccc32)cn1. The van der Waals surface area contributed by atoms with Gasteiger partial charge in [0.1, 0.15) is 6.61 Å². The number of rotatable bonds is 8. The van der Waals surface area contributed by atoms with Crippen LogP contribution >= 0.6 is 0 Å². The highest BCUT2D eigenvalue weighted by molar-refractivity contribution is 5.82. The van der Waals surface area contributed by atoms with Crippen molar-refractivity contribution in [1.29, 1.82) is 0 Å². The van der Waals surface area contributed by atoms with Crippen molar-refractivity contribution < 1.29 is 19.4 Å². The maximum atomic E-state index is 13.0. The van der Waals surface area contributed by atoms with Crippen LogP contribution < -0.4 is 0 Å². The molecule has 4 rings (SSSR count). The Hall–Kier alpha value is -3.61. The average molecular weight is 434 g/mol. The summed E-state index contributed by atoms with van der Waals surface area (Å²) in [6, 6.07) is 15.0. The molecule has 0 radical (unpaired) electrons. The number of aromatic nitrogens is 2. The third kappa shape index (κ3) is 3.98. The number of amides is 1. The van der Waals surface area contributed by atoms with Gasteiger partial charge in [-0.05, 0) is 35.6 Å². The molecule has 3 aromatic rings. The van der Waals surface area contributed by atoms with E-state index in [0.717, 1.165) is 28.7 Å². The first kappa shape index (κ1) is 21.6. The molecule has 1 aromatic heterocycles. The molecule has 1 heterocycles. The number of ether oxygens (including phenoxy) is 1. The lowest BCUT2D eigenvalue weighted by Gasteiger charge is -2.27. The molecule has 0 aliphatic heterocycles. The molecule has 0 bridgehead atoms. The van der Waals surface area contributed by atoms with Gasteiger partial charge in [-0.25, -0.2) is 9.59 Å². The number of hydrogen-bond acceptors (Lipinski definition) is 4. The normalized spacial score (nSPS) is 13.3. The van der Waals surface area contributed by atoms with Crippen LogP contribution in [0, 0.1) is 0 Å². The molecular formula is C25H27N3O4. The van der Waals surface area contributed by atoms with E-state index in [1.165, 1.54) is 11.1 Å². The van der Waals surface area contributed by atoms with Gasteiger partial charge in [-0.2, -0.15) is 5.10 Å². The van der Waals surface area contributed by atoms with E-state index in [2.05, 4.69) is 17.2 Å². The fraction of sp³-hybridized carbons (Fsp3) is 0.320. The van der Waals surface area contributed by atoms with Crippen molar-refractivity contribution in [3.8, 4) is 11.1 Å². The van der Waals surface area contributed by atoms with Gasteiger partial charge < -0.3 is 9.84 Å². The van der Waals surface area contributed by atoms with E-state index in [-0.39, 0.29) is 19.1 Å². The lowest BCUT2D eigenvalue weighted by atomic mass is 9.98. The molecule has 0 spiro atoms. The molecule has 1 N–H and O–H groups in total. The largest absolute Gasteiger partial charge is 0.479 e. The van der Waals surface area contributed by atoms with Crippen LogP contribution in [-0.4, -0.2) is 45.0 Å². The van der Waals surface area contributed by atoms with Crippen LogP contribution in [0.2, 0.25) is 0 Å². The minimum atomic E-state index is -1.15. The van der Waals surface area contributed by atoms with E-state index in [4.69, 9.17) is 4.74 Å². The Kier molecular flexibility index (Phi) is 6.25. The van der Waals surface area contributed by atoms with Crippen molar-refractivity contribution in [2.24, 2.45) is 0 Å². The highest BCUT2D eigenvalue weighted by Crippen LogP contribution is 2.44. The van der Waals surface area contributed by atoms with Crippen molar-refractivity contribution in [2.45, 2.75) is 38.8 Å². The van der Waals surface area contributed by atoms with Crippen molar-refractivity contribution >= 4 is 12.1 Å². The molecule has 7 nitrogen and oxygen atoms in total. The molecule has 166 valence electrons. The standard InChI is InChI=1S/C25H27N3O4/c1-3-13-27-15-17(14-26-27)23(24(29)30)28(4-2)25(31)32-16-22-20-11-7-5-9-18(20)19-10-6-8-12-21(19)22/h5-12,14-15,22-23H,3-4,13,16H2,1-2H3,(H,29,30). The Labute approximate surface area is 187 Å². The molecule has 1 amide bonds. The average Bonchev–Trinajstić information content (AvgIpc) is 3.38. The van der Waals surface area contributed by atoms with Gasteiger partial charge in [-0.3, -0.25) is 9.58 Å². The summed E-state index contributed by atoms with van der Waals surface area (Å²) in [5.41, 5.74) is 4.97. The minimum absolute atomic E-state index is 0.0827. The molecular weight excluding hydrogens is 406 g/mol. The van der Waals surface area contributed by atoms with E-state index in [1.807, 2.05) is 43.3 Å². The second kappa shape index (κ2) is 9.26. The number of carbonyl (C=O) groups is 2. The van der Waals surface area contributed by atoms with Gasteiger partial charge in [0.25, 0.3) is 0 Å². The highest BCUT2D eigenvalue weighted by atomic mass is 16.6. The van der Waals surface area contributed by atoms with Gasteiger partial charge in [-0.15, -0.1) is 0 Å². The summed E-state index contributed by atoms with van der Waals surface area (Å²) in [6.45, 7) is 4.79. The molecule has 0 fully saturated rings. The number of carbonyl (C=O) groups excluding carboxylic acids is 1. The predicted octanol–water partition coefficient (Wildman–Crippen LogP) is 4.69. The Balaban J connectivity index is 1.54. The van der Waals surface area contributed by atoms with Gasteiger partial charge in [-0.1, -0.05) is 55.5 Å². The number of likely N-dealkylation sites (N-methyl/N-ethyl adjacent to an activating group) is 1. The van der Waals surface area contributed by atoms with E-state index in [1.54, 1.807) is 17.8 Å². The number of aliphatic carboxylic acids is 1. The summed E-state index contributed by atoms with van der Waals surface area (Å²) in [5, 5.41) is 14.1. The molecule has 0 saturated carbocycles. The summed E-state index contributed by atoms with van der Waals surface area (Å²) in [7, 11) is 0. The van der Waals surface area contributed by atoms with Crippen molar-refractivity contribution in [3.63, 3.8) is 0 Å². The summed E-state index contributed by atoms with van der Waals surface area (Å²) in [5.74, 6) is -1.20. The summed E-state index contributed by atoms with van der Waals surface area (Å²) in [4.78, 5) is 26.3. The Bertz CT molecular complexity index is 1080. The van der Waals surface area contributed by atoms with Crippen LogP contribution in [0.3, 0.4) is 0 Å². The lowest BCUT2D eigenvalue weighted by Crippen LogP contribution is -2.39. The predicted molar refractivity (Wildman–Crippen MR) is 120 cm³/mol. The van der Waals surface area contributed by atoms with Crippen LogP contribution in [0.25, 0.3) is 11.1 Å². The van der Waals surface area contributed by atoms with Crippen LogP contribution in [0.5, 0.6) is 0 Å². The number of benzene rings is 2. The van der Waals surface area contributed by atoms with E-state index < -0.39 is 18.1 Å². The van der Waals surface area contributed by atoms with E-state index in [0.29, 0.717) is 12.1 Å². The van der Waals surface area contributed by atoms with Crippen molar-refractivity contribution in [2.75, 3.05) is 13.2 Å². The molecule has 7 heteroatoms. The highest BCUT2D eigenvalue weighted by Gasteiger charge is 2.34. The Morgan fingerprint density at radius 1 is 1.09 bits per heavy atom. The second-order valence-electron chi connectivity index (χ2n) is 7.87. The van der Waals surface area contributed by atoms with Gasteiger partial charge in [0.05, 0.1) is 6.20 Å². The van der Waals surface area contributed by atoms with Gasteiger partial charge >= 0.3 is 12.1 Å². The first-order valence-corrected chi connectivity index (χ1v) is 10.9. The molecule has 1 aliphatic carbocycles. The number of fused-ring (bicyclic) bond motifs is 3. The summed E-state index contributed by atoms with van der Waals surface area (Å²) in [6.07, 6.45) is 3.42. The van der Waals surface area contributed by atoms with Gasteiger partial charge in [0.15, 0.2) is 6.04 Å². The minimum Gasteiger partial charge on any atom is -0.479 e. The van der Waals surface area contributed by atoms with E-state index in [9.17, 15) is 14.7 Å². The quantitative estimate of drug-likeness (QED) is 0.557. The van der Waals surface area contributed by atoms with Gasteiger partial charge in [0.2, 0.25) is 0 Å². The second-order valence-corrected chi connectivity index (χ2v) is 7.87. The number of nitrogens with zero attached hydrogens (tertiary/aromatic N) is 3. The fourth-order valence-electron chi connectivity index (χ4n) is 4.42. The summed E-state index contributed by atoms with van der Waals surface area (Å²) < 4.78 is 7.39. The van der Waals surface area contributed by atoms with Crippen LogP contribution in [0.15, 0.2) is 60.9 Å². The first-order valence-electron chi connectivity index (χ1n) is 10.9. The van der Waals surface area contributed by atoms with Crippen LogP contribution in [0.1, 0.15) is 48.9 Å². The fourth-order valence-corrected chi connectivity index (χ4v) is 4.42. The smallest absolute Gasteiger partial charge is 0.410 e. The van der Waals surface area contributed by atoms with Crippen LogP contribution in [-0.2, 0) is 16.1 Å². The zero-order chi connectivity index (χ0) is 22.7. The third-order valence-corrected chi connectivity index (χ3v) is 5.88. The zero-order valence-electron chi connectivity index (χ0n) is 18.3.